The minimum Gasteiger partial charge on any atom is -0.465 e. The van der Waals surface area contributed by atoms with Crippen molar-refractivity contribution in [3.05, 3.63) is 65.5 Å². The summed E-state index contributed by atoms with van der Waals surface area (Å²) in [4.78, 5) is 38.6. The third-order valence-electron chi connectivity index (χ3n) is 3.07. The van der Waals surface area contributed by atoms with Gasteiger partial charge in [0.15, 0.2) is 0 Å². The molecule has 0 aliphatic heterocycles. The highest BCUT2D eigenvalue weighted by Gasteiger charge is 2.12. The molecule has 1 heterocycles. The zero-order valence-electron chi connectivity index (χ0n) is 13.4. The van der Waals surface area contributed by atoms with E-state index in [1.165, 1.54) is 13.3 Å². The van der Waals surface area contributed by atoms with E-state index < -0.39 is 17.8 Å². The van der Waals surface area contributed by atoms with Gasteiger partial charge in [-0.2, -0.15) is 5.10 Å². The minimum absolute atomic E-state index is 0.145. The molecule has 0 spiro atoms. The summed E-state index contributed by atoms with van der Waals surface area (Å²) < 4.78 is 4.59. The SMILES string of the molecule is COC(=O)c1ccc(/C=N/NC(=O)C(=O)NCc2ccccn2)cc1. The van der Waals surface area contributed by atoms with Crippen molar-refractivity contribution >= 4 is 24.0 Å². The fourth-order valence-corrected chi connectivity index (χ4v) is 1.79. The van der Waals surface area contributed by atoms with Crippen LogP contribution in [0.25, 0.3) is 0 Å². The van der Waals surface area contributed by atoms with Crippen molar-refractivity contribution in [3.63, 3.8) is 0 Å². The Morgan fingerprint density at radius 3 is 2.52 bits per heavy atom. The molecule has 8 nitrogen and oxygen atoms in total. The van der Waals surface area contributed by atoms with Gasteiger partial charge in [-0.25, -0.2) is 10.2 Å². The molecule has 0 fully saturated rings. The molecule has 8 heteroatoms. The van der Waals surface area contributed by atoms with Gasteiger partial charge in [0, 0.05) is 6.20 Å². The molecular formula is C17H16N4O4. The maximum Gasteiger partial charge on any atom is 0.337 e. The first-order valence-corrected chi connectivity index (χ1v) is 7.29. The second kappa shape index (κ2) is 8.92. The van der Waals surface area contributed by atoms with Crippen molar-refractivity contribution in [2.75, 3.05) is 7.11 Å². The molecule has 2 N–H and O–H groups in total. The van der Waals surface area contributed by atoms with Gasteiger partial charge in [0.2, 0.25) is 0 Å². The fourth-order valence-electron chi connectivity index (χ4n) is 1.79. The van der Waals surface area contributed by atoms with Crippen LogP contribution in [0.2, 0.25) is 0 Å². The zero-order valence-corrected chi connectivity index (χ0v) is 13.4. The van der Waals surface area contributed by atoms with E-state index in [9.17, 15) is 14.4 Å². The predicted molar refractivity (Wildman–Crippen MR) is 89.6 cm³/mol. The Kier molecular flexibility index (Phi) is 6.35. The first-order chi connectivity index (χ1) is 12.1. The number of carbonyl (C=O) groups excluding carboxylic acids is 3. The van der Waals surface area contributed by atoms with Crippen molar-refractivity contribution in [1.29, 1.82) is 0 Å². The molecule has 0 unspecified atom stereocenters. The lowest BCUT2D eigenvalue weighted by atomic mass is 10.1. The number of nitrogens with one attached hydrogen (secondary N) is 2. The number of hydrazone groups is 1. The molecule has 1 aromatic heterocycles. The van der Waals surface area contributed by atoms with E-state index in [-0.39, 0.29) is 6.54 Å². The molecule has 128 valence electrons. The molecule has 2 rings (SSSR count). The molecule has 0 radical (unpaired) electrons. The summed E-state index contributed by atoms with van der Waals surface area (Å²) in [6.07, 6.45) is 2.95. The quantitative estimate of drug-likeness (QED) is 0.359. The van der Waals surface area contributed by atoms with Crippen molar-refractivity contribution < 1.29 is 19.1 Å². The van der Waals surface area contributed by atoms with Crippen LogP contribution < -0.4 is 10.7 Å². The lowest BCUT2D eigenvalue weighted by molar-refractivity contribution is -0.139. The lowest BCUT2D eigenvalue weighted by Crippen LogP contribution is -2.37. The number of amides is 2. The van der Waals surface area contributed by atoms with Crippen molar-refractivity contribution in [3.8, 4) is 0 Å². The van der Waals surface area contributed by atoms with Crippen molar-refractivity contribution in [2.24, 2.45) is 5.10 Å². The van der Waals surface area contributed by atoms with E-state index in [1.807, 2.05) is 0 Å². The number of hydrogen-bond acceptors (Lipinski definition) is 6. The van der Waals surface area contributed by atoms with Crippen LogP contribution in [-0.4, -0.2) is 36.1 Å². The highest BCUT2D eigenvalue weighted by atomic mass is 16.5. The molecule has 0 aliphatic rings. The molecule has 2 aromatic rings. The summed E-state index contributed by atoms with van der Waals surface area (Å²) in [6.45, 7) is 0.145. The smallest absolute Gasteiger partial charge is 0.337 e. The molecule has 2 amide bonds. The normalized spacial score (nSPS) is 10.3. The first-order valence-electron chi connectivity index (χ1n) is 7.29. The van der Waals surface area contributed by atoms with Gasteiger partial charge in [0.25, 0.3) is 0 Å². The Labute approximate surface area is 143 Å². The van der Waals surface area contributed by atoms with Crippen molar-refractivity contribution in [2.45, 2.75) is 6.54 Å². The monoisotopic (exact) mass is 340 g/mol. The number of nitrogens with zero attached hydrogens (tertiary/aromatic N) is 2. The number of carbonyl (C=O) groups is 3. The summed E-state index contributed by atoms with van der Waals surface area (Å²) in [6, 6.07) is 11.7. The van der Waals surface area contributed by atoms with Crippen LogP contribution in [0.5, 0.6) is 0 Å². The van der Waals surface area contributed by atoms with E-state index in [0.29, 0.717) is 16.8 Å². The highest BCUT2D eigenvalue weighted by molar-refractivity contribution is 6.35. The predicted octanol–water partition coefficient (Wildman–Crippen LogP) is 0.635. The summed E-state index contributed by atoms with van der Waals surface area (Å²) >= 11 is 0. The van der Waals surface area contributed by atoms with Crippen LogP contribution in [0, 0.1) is 0 Å². The summed E-state index contributed by atoms with van der Waals surface area (Å²) in [5.74, 6) is -2.15. The molecule has 0 atom stereocenters. The van der Waals surface area contributed by atoms with Gasteiger partial charge in [0.1, 0.15) is 0 Å². The number of aromatic nitrogens is 1. The van der Waals surface area contributed by atoms with Gasteiger partial charge in [-0.05, 0) is 29.8 Å². The number of methoxy groups -OCH3 is 1. The average molecular weight is 340 g/mol. The topological polar surface area (TPSA) is 110 Å². The molecular weight excluding hydrogens is 324 g/mol. The van der Waals surface area contributed by atoms with E-state index in [4.69, 9.17) is 0 Å². The molecule has 0 saturated heterocycles. The standard InChI is InChI=1S/C17H16N4O4/c1-25-17(24)13-7-5-12(6-8-13)10-20-21-16(23)15(22)19-11-14-4-2-3-9-18-14/h2-10H,11H2,1H3,(H,19,22)(H,21,23)/b20-10+. The van der Waals surface area contributed by atoms with E-state index in [1.54, 1.807) is 48.7 Å². The van der Waals surface area contributed by atoms with Gasteiger partial charge < -0.3 is 10.1 Å². The number of esters is 1. The Bertz CT molecular complexity index is 773. The first kappa shape index (κ1) is 17.8. The van der Waals surface area contributed by atoms with Gasteiger partial charge >= 0.3 is 17.8 Å². The van der Waals surface area contributed by atoms with Gasteiger partial charge in [-0.15, -0.1) is 0 Å². The molecule has 1 aromatic carbocycles. The largest absolute Gasteiger partial charge is 0.465 e. The van der Waals surface area contributed by atoms with Crippen LogP contribution >= 0.6 is 0 Å². The van der Waals surface area contributed by atoms with Crippen LogP contribution in [0.15, 0.2) is 53.8 Å². The molecule has 0 aliphatic carbocycles. The summed E-state index contributed by atoms with van der Waals surface area (Å²) in [5.41, 5.74) is 3.80. The fraction of sp³-hybridized carbons (Fsp3) is 0.118. The number of rotatable bonds is 5. The van der Waals surface area contributed by atoms with E-state index in [2.05, 4.69) is 25.6 Å². The Balaban J connectivity index is 1.81. The van der Waals surface area contributed by atoms with Gasteiger partial charge in [-0.3, -0.25) is 14.6 Å². The Morgan fingerprint density at radius 2 is 1.88 bits per heavy atom. The molecule has 0 saturated carbocycles. The number of benzene rings is 1. The minimum atomic E-state index is -0.890. The molecule has 25 heavy (non-hydrogen) atoms. The van der Waals surface area contributed by atoms with Crippen LogP contribution in [0.3, 0.4) is 0 Å². The number of ether oxygens (including phenoxy) is 1. The lowest BCUT2D eigenvalue weighted by Gasteiger charge is -2.03. The van der Waals surface area contributed by atoms with E-state index >= 15 is 0 Å². The zero-order chi connectivity index (χ0) is 18.1. The Hall–Kier alpha value is -3.55. The second-order valence-corrected chi connectivity index (χ2v) is 4.82. The summed E-state index contributed by atoms with van der Waals surface area (Å²) in [7, 11) is 1.30. The second-order valence-electron chi connectivity index (χ2n) is 4.82. The van der Waals surface area contributed by atoms with Crippen molar-refractivity contribution in [1.82, 2.24) is 15.7 Å². The average Bonchev–Trinajstić information content (AvgIpc) is 2.66. The van der Waals surface area contributed by atoms with Gasteiger partial charge in [-0.1, -0.05) is 18.2 Å². The van der Waals surface area contributed by atoms with Crippen LogP contribution in [0.1, 0.15) is 21.6 Å². The third kappa shape index (κ3) is 5.54. The Morgan fingerprint density at radius 1 is 1.12 bits per heavy atom. The van der Waals surface area contributed by atoms with Gasteiger partial charge in [0.05, 0.1) is 31.1 Å². The number of pyridine rings is 1. The number of hydrogen-bond donors (Lipinski definition) is 2. The van der Waals surface area contributed by atoms with E-state index in [0.717, 1.165) is 0 Å². The molecule has 0 bridgehead atoms. The summed E-state index contributed by atoms with van der Waals surface area (Å²) in [5, 5.41) is 6.13. The maximum absolute atomic E-state index is 11.6. The highest BCUT2D eigenvalue weighted by Crippen LogP contribution is 2.03. The van der Waals surface area contributed by atoms with Crippen LogP contribution in [-0.2, 0) is 20.9 Å². The van der Waals surface area contributed by atoms with Crippen LogP contribution in [0.4, 0.5) is 0 Å². The maximum atomic E-state index is 11.6. The third-order valence-corrected chi connectivity index (χ3v) is 3.07.